The molecule has 0 saturated carbocycles. The van der Waals surface area contributed by atoms with Crippen molar-refractivity contribution in [1.29, 1.82) is 0 Å². The monoisotopic (exact) mass is 378 g/mol. The van der Waals surface area contributed by atoms with E-state index in [2.05, 4.69) is 27.4 Å². The molecular formula is C21H22N4O3. The van der Waals surface area contributed by atoms with Crippen LogP contribution in [0.2, 0.25) is 0 Å². The van der Waals surface area contributed by atoms with E-state index in [0.717, 1.165) is 29.0 Å². The highest BCUT2D eigenvalue weighted by Crippen LogP contribution is 2.20. The fourth-order valence-electron chi connectivity index (χ4n) is 2.46. The van der Waals surface area contributed by atoms with Crippen molar-refractivity contribution in [3.05, 3.63) is 70.5 Å². The summed E-state index contributed by atoms with van der Waals surface area (Å²) in [6, 6.07) is 16.3. The predicted octanol–water partition coefficient (Wildman–Crippen LogP) is 3.68. The van der Waals surface area contributed by atoms with Crippen LogP contribution in [-0.4, -0.2) is 29.9 Å². The van der Waals surface area contributed by atoms with Gasteiger partial charge in [-0.05, 0) is 60.5 Å². The summed E-state index contributed by atoms with van der Waals surface area (Å²) in [6.45, 7) is 2.76. The Hall–Kier alpha value is -3.61. The van der Waals surface area contributed by atoms with Gasteiger partial charge in [0.05, 0.1) is 25.6 Å². The zero-order chi connectivity index (χ0) is 19.8. The van der Waals surface area contributed by atoms with Gasteiger partial charge in [-0.15, -0.1) is 0 Å². The van der Waals surface area contributed by atoms with Gasteiger partial charge >= 0.3 is 0 Å². The number of anilines is 1. The number of nitrogens with zero attached hydrogens (tertiary/aromatic N) is 2. The molecule has 0 atom stereocenters. The molecule has 0 bridgehead atoms. The number of H-pyrrole nitrogens is 1. The van der Waals surface area contributed by atoms with Crippen molar-refractivity contribution in [3.8, 4) is 22.8 Å². The first-order valence-electron chi connectivity index (χ1n) is 8.95. The lowest BCUT2D eigenvalue weighted by molar-refractivity contribution is 0.317. The lowest BCUT2D eigenvalue weighted by Gasteiger charge is -2.05. The average Bonchev–Trinajstić information content (AvgIpc) is 2.73. The number of hydrogen-bond donors (Lipinski definition) is 2. The molecule has 0 spiro atoms. The van der Waals surface area contributed by atoms with Crippen molar-refractivity contribution >= 4 is 12.2 Å². The van der Waals surface area contributed by atoms with Crippen molar-refractivity contribution in [1.82, 2.24) is 9.97 Å². The molecule has 0 aliphatic rings. The van der Waals surface area contributed by atoms with E-state index in [-0.39, 0.29) is 11.5 Å². The van der Waals surface area contributed by atoms with Gasteiger partial charge in [0, 0.05) is 11.6 Å². The van der Waals surface area contributed by atoms with E-state index in [1.54, 1.807) is 13.3 Å². The summed E-state index contributed by atoms with van der Waals surface area (Å²) >= 11 is 0. The van der Waals surface area contributed by atoms with Gasteiger partial charge in [-0.2, -0.15) is 5.10 Å². The maximum Gasteiger partial charge on any atom is 0.252 e. The Bertz CT molecular complexity index is 980. The number of aromatic amines is 1. The molecule has 0 aliphatic heterocycles. The molecule has 0 fully saturated rings. The minimum absolute atomic E-state index is 0.262. The molecule has 7 heteroatoms. The molecule has 2 aromatic carbocycles. The van der Waals surface area contributed by atoms with Crippen molar-refractivity contribution in [3.63, 3.8) is 0 Å². The van der Waals surface area contributed by atoms with Crippen LogP contribution < -0.4 is 20.5 Å². The number of ether oxygens (including phenoxy) is 2. The van der Waals surface area contributed by atoms with Gasteiger partial charge in [-0.3, -0.25) is 9.78 Å². The van der Waals surface area contributed by atoms with E-state index < -0.39 is 0 Å². The third-order valence-electron chi connectivity index (χ3n) is 3.86. The Labute approximate surface area is 163 Å². The first kappa shape index (κ1) is 19.2. The van der Waals surface area contributed by atoms with E-state index in [4.69, 9.17) is 9.47 Å². The zero-order valence-electron chi connectivity index (χ0n) is 15.8. The zero-order valence-corrected chi connectivity index (χ0v) is 15.8. The second-order valence-electron chi connectivity index (χ2n) is 6.00. The number of benzene rings is 2. The minimum atomic E-state index is -0.268. The molecule has 7 nitrogen and oxygen atoms in total. The van der Waals surface area contributed by atoms with Gasteiger partial charge in [0.2, 0.25) is 5.95 Å². The molecule has 0 amide bonds. The number of nitrogens with one attached hydrogen (secondary N) is 2. The summed E-state index contributed by atoms with van der Waals surface area (Å²) in [4.78, 5) is 19.0. The molecule has 0 aliphatic carbocycles. The van der Waals surface area contributed by atoms with Crippen LogP contribution in [0.1, 0.15) is 18.9 Å². The highest BCUT2D eigenvalue weighted by atomic mass is 16.5. The molecule has 1 aromatic heterocycles. The van der Waals surface area contributed by atoms with Crippen LogP contribution >= 0.6 is 0 Å². The first-order chi connectivity index (χ1) is 13.7. The molecule has 0 radical (unpaired) electrons. The Morgan fingerprint density at radius 3 is 2.50 bits per heavy atom. The van der Waals surface area contributed by atoms with Gasteiger partial charge < -0.3 is 9.47 Å². The highest BCUT2D eigenvalue weighted by molar-refractivity contribution is 5.80. The smallest absolute Gasteiger partial charge is 0.252 e. The van der Waals surface area contributed by atoms with Crippen LogP contribution in [0.25, 0.3) is 11.3 Å². The largest absolute Gasteiger partial charge is 0.497 e. The molecule has 0 unspecified atom stereocenters. The lowest BCUT2D eigenvalue weighted by atomic mass is 10.1. The topological polar surface area (TPSA) is 88.6 Å². The number of methoxy groups -OCH3 is 1. The predicted molar refractivity (Wildman–Crippen MR) is 110 cm³/mol. The minimum Gasteiger partial charge on any atom is -0.497 e. The van der Waals surface area contributed by atoms with Crippen LogP contribution in [0, 0.1) is 0 Å². The number of aromatic nitrogens is 2. The van der Waals surface area contributed by atoms with Crippen LogP contribution in [-0.2, 0) is 0 Å². The summed E-state index contributed by atoms with van der Waals surface area (Å²) in [7, 11) is 1.60. The molecule has 28 heavy (non-hydrogen) atoms. The number of rotatable bonds is 8. The van der Waals surface area contributed by atoms with E-state index in [1.165, 1.54) is 6.07 Å². The van der Waals surface area contributed by atoms with Gasteiger partial charge in [0.1, 0.15) is 11.5 Å². The third-order valence-corrected chi connectivity index (χ3v) is 3.86. The van der Waals surface area contributed by atoms with E-state index in [9.17, 15) is 4.79 Å². The van der Waals surface area contributed by atoms with E-state index >= 15 is 0 Å². The lowest BCUT2D eigenvalue weighted by Crippen LogP contribution is -2.10. The van der Waals surface area contributed by atoms with Crippen molar-refractivity contribution in [2.75, 3.05) is 19.1 Å². The average molecular weight is 378 g/mol. The quantitative estimate of drug-likeness (QED) is 0.461. The van der Waals surface area contributed by atoms with Gasteiger partial charge in [-0.1, -0.05) is 6.92 Å². The van der Waals surface area contributed by atoms with Crippen molar-refractivity contribution in [2.45, 2.75) is 13.3 Å². The van der Waals surface area contributed by atoms with E-state index in [1.807, 2.05) is 48.5 Å². The Balaban J connectivity index is 1.69. The highest BCUT2D eigenvalue weighted by Gasteiger charge is 2.04. The fraction of sp³-hybridized carbons (Fsp3) is 0.190. The second kappa shape index (κ2) is 9.36. The number of hydrazone groups is 1. The Morgan fingerprint density at radius 2 is 1.82 bits per heavy atom. The van der Waals surface area contributed by atoms with Gasteiger partial charge in [0.25, 0.3) is 5.56 Å². The van der Waals surface area contributed by atoms with Crippen molar-refractivity contribution < 1.29 is 9.47 Å². The summed E-state index contributed by atoms with van der Waals surface area (Å²) < 4.78 is 10.7. The molecule has 1 heterocycles. The normalized spacial score (nSPS) is 10.8. The summed E-state index contributed by atoms with van der Waals surface area (Å²) in [6.07, 6.45) is 2.61. The molecule has 3 aromatic rings. The Morgan fingerprint density at radius 1 is 1.11 bits per heavy atom. The second-order valence-corrected chi connectivity index (χ2v) is 6.00. The Kier molecular flexibility index (Phi) is 6.41. The van der Waals surface area contributed by atoms with Crippen molar-refractivity contribution in [2.24, 2.45) is 5.10 Å². The standard InChI is InChI=1S/C21H22N4O3/c1-3-12-28-18-8-4-15(5-9-18)14-22-25-21-23-19(13-20(26)24-21)16-6-10-17(27-2)11-7-16/h4-11,13-14H,3,12H2,1-2H3,(H2,23,24,25,26)/b22-14-. The maximum absolute atomic E-state index is 11.9. The van der Waals surface area contributed by atoms with Crippen LogP contribution in [0.4, 0.5) is 5.95 Å². The third kappa shape index (κ3) is 5.20. The SMILES string of the molecule is CCCOc1ccc(/C=N\Nc2nc(-c3ccc(OC)cc3)cc(=O)[nH]2)cc1. The first-order valence-corrected chi connectivity index (χ1v) is 8.95. The summed E-state index contributed by atoms with van der Waals surface area (Å²) in [5.41, 5.74) is 4.74. The molecule has 2 N–H and O–H groups in total. The maximum atomic E-state index is 11.9. The molecule has 0 saturated heterocycles. The van der Waals surface area contributed by atoms with Crippen LogP contribution in [0.3, 0.4) is 0 Å². The van der Waals surface area contributed by atoms with Crippen LogP contribution in [0.15, 0.2) is 64.5 Å². The summed E-state index contributed by atoms with van der Waals surface area (Å²) in [5, 5.41) is 4.14. The van der Waals surface area contributed by atoms with E-state index in [0.29, 0.717) is 12.3 Å². The molecule has 3 rings (SSSR count). The van der Waals surface area contributed by atoms with Gasteiger partial charge in [-0.25, -0.2) is 10.4 Å². The van der Waals surface area contributed by atoms with Crippen LogP contribution in [0.5, 0.6) is 11.5 Å². The molecular weight excluding hydrogens is 356 g/mol. The summed E-state index contributed by atoms with van der Waals surface area (Å²) in [5.74, 6) is 1.82. The van der Waals surface area contributed by atoms with Gasteiger partial charge in [0.15, 0.2) is 0 Å². The molecule has 144 valence electrons. The fourth-order valence-corrected chi connectivity index (χ4v) is 2.46. The number of hydrogen-bond acceptors (Lipinski definition) is 6.